The summed E-state index contributed by atoms with van der Waals surface area (Å²) in [6, 6.07) is 7.89. The largest absolute Gasteiger partial charge is 0.480 e. The van der Waals surface area contributed by atoms with E-state index in [-0.39, 0.29) is 0 Å². The summed E-state index contributed by atoms with van der Waals surface area (Å²) in [7, 11) is 2.22. The normalized spacial score (nSPS) is 10.4. The lowest BCUT2D eigenvalue weighted by molar-refractivity contribution is 0.646. The highest BCUT2D eigenvalue weighted by molar-refractivity contribution is 7.10. The number of allylic oxidation sites excluding steroid dienone is 1. The molecule has 0 radical (unpaired) electrons. The van der Waals surface area contributed by atoms with Gasteiger partial charge >= 0.3 is 0 Å². The smallest absolute Gasteiger partial charge is 0.122 e. The van der Waals surface area contributed by atoms with Gasteiger partial charge in [0, 0.05) is 0 Å². The Balaban J connectivity index is 2.82. The maximum Gasteiger partial charge on any atom is 0.122 e. The van der Waals surface area contributed by atoms with Gasteiger partial charge in [-0.25, -0.2) is 0 Å². The van der Waals surface area contributed by atoms with Crippen LogP contribution in [0.3, 0.4) is 0 Å². The minimum Gasteiger partial charge on any atom is -0.480 e. The van der Waals surface area contributed by atoms with E-state index in [9.17, 15) is 0 Å². The Hall–Kier alpha value is -0.810. The number of rotatable bonds is 2. The van der Waals surface area contributed by atoms with Gasteiger partial charge in [0.15, 0.2) is 0 Å². The van der Waals surface area contributed by atoms with Crippen molar-refractivity contribution in [3.63, 3.8) is 0 Å². The molecule has 1 aromatic rings. The van der Waals surface area contributed by atoms with Crippen molar-refractivity contribution in [3.8, 4) is 5.75 Å². The Bertz CT molecular complexity index is 238. The summed E-state index contributed by atoms with van der Waals surface area (Å²) in [4.78, 5) is 0. The lowest BCUT2D eigenvalue weighted by Crippen LogP contribution is -1.74. The SMILES string of the molecule is C/C=C/c1ccc(OP)cc1. The fourth-order valence-electron chi connectivity index (χ4n) is 0.850. The van der Waals surface area contributed by atoms with Crippen LogP contribution in [0.15, 0.2) is 30.3 Å². The Morgan fingerprint density at radius 3 is 2.36 bits per heavy atom. The molecule has 0 aliphatic carbocycles. The monoisotopic (exact) mass is 166 g/mol. The van der Waals surface area contributed by atoms with E-state index >= 15 is 0 Å². The molecule has 1 aromatic carbocycles. The molecule has 58 valence electrons. The number of benzene rings is 1. The zero-order chi connectivity index (χ0) is 8.10. The van der Waals surface area contributed by atoms with Crippen molar-refractivity contribution in [1.82, 2.24) is 0 Å². The van der Waals surface area contributed by atoms with E-state index in [2.05, 4.69) is 9.47 Å². The molecule has 0 amide bonds. The van der Waals surface area contributed by atoms with E-state index < -0.39 is 0 Å². The first-order valence-corrected chi connectivity index (χ1v) is 3.93. The molecule has 0 aromatic heterocycles. The first kappa shape index (κ1) is 8.29. The van der Waals surface area contributed by atoms with Gasteiger partial charge in [0.2, 0.25) is 0 Å². The van der Waals surface area contributed by atoms with Gasteiger partial charge in [0.25, 0.3) is 0 Å². The van der Waals surface area contributed by atoms with E-state index in [1.165, 1.54) is 5.56 Å². The van der Waals surface area contributed by atoms with Gasteiger partial charge in [-0.2, -0.15) is 0 Å². The maximum absolute atomic E-state index is 4.94. The third-order valence-electron chi connectivity index (χ3n) is 1.38. The molecular weight excluding hydrogens is 155 g/mol. The predicted molar refractivity (Wildman–Crippen MR) is 51.5 cm³/mol. The van der Waals surface area contributed by atoms with Crippen molar-refractivity contribution in [2.45, 2.75) is 6.92 Å². The first-order valence-electron chi connectivity index (χ1n) is 3.46. The molecule has 0 saturated carbocycles. The topological polar surface area (TPSA) is 9.23 Å². The first-order chi connectivity index (χ1) is 5.36. The summed E-state index contributed by atoms with van der Waals surface area (Å²) in [6.07, 6.45) is 4.06. The fourth-order valence-corrected chi connectivity index (χ4v) is 1.01. The molecule has 0 aliphatic rings. The maximum atomic E-state index is 4.94. The van der Waals surface area contributed by atoms with Gasteiger partial charge in [-0.1, -0.05) is 24.3 Å². The Kier molecular flexibility index (Phi) is 3.13. The van der Waals surface area contributed by atoms with E-state index in [0.717, 1.165) is 5.75 Å². The molecule has 11 heavy (non-hydrogen) atoms. The van der Waals surface area contributed by atoms with E-state index in [1.807, 2.05) is 43.3 Å². The van der Waals surface area contributed by atoms with Crippen LogP contribution in [-0.2, 0) is 0 Å². The highest BCUT2D eigenvalue weighted by Crippen LogP contribution is 2.14. The van der Waals surface area contributed by atoms with Gasteiger partial charge in [-0.05, 0) is 24.6 Å². The summed E-state index contributed by atoms with van der Waals surface area (Å²) in [6.45, 7) is 2.00. The number of hydrogen-bond donors (Lipinski definition) is 0. The minimum absolute atomic E-state index is 0.864. The second-order valence-corrected chi connectivity index (χ2v) is 2.42. The highest BCUT2D eigenvalue weighted by Gasteiger charge is 1.88. The fraction of sp³-hybridized carbons (Fsp3) is 0.111. The zero-order valence-electron chi connectivity index (χ0n) is 6.45. The molecule has 0 heterocycles. The molecule has 0 bridgehead atoms. The van der Waals surface area contributed by atoms with Crippen LogP contribution in [0.1, 0.15) is 12.5 Å². The standard InChI is InChI=1S/C9H11OP/c1-2-3-8-4-6-9(10-11)7-5-8/h2-7H,11H2,1H3/b3-2+. The molecule has 1 unspecified atom stereocenters. The molecule has 0 saturated heterocycles. The second-order valence-electron chi connectivity index (χ2n) is 2.19. The van der Waals surface area contributed by atoms with Crippen molar-refractivity contribution in [2.24, 2.45) is 0 Å². The summed E-state index contributed by atoms with van der Waals surface area (Å²) < 4.78 is 4.94. The van der Waals surface area contributed by atoms with Gasteiger partial charge in [-0.15, -0.1) is 0 Å². The minimum atomic E-state index is 0.864. The molecule has 2 heteroatoms. The quantitative estimate of drug-likeness (QED) is 0.614. The summed E-state index contributed by atoms with van der Waals surface area (Å²) >= 11 is 0. The Morgan fingerprint density at radius 2 is 1.91 bits per heavy atom. The molecule has 0 spiro atoms. The van der Waals surface area contributed by atoms with Gasteiger partial charge in [0.1, 0.15) is 5.75 Å². The average Bonchev–Trinajstić information content (AvgIpc) is 2.07. The van der Waals surface area contributed by atoms with Crippen molar-refractivity contribution in [1.29, 1.82) is 0 Å². The third-order valence-corrected chi connectivity index (χ3v) is 1.65. The van der Waals surface area contributed by atoms with Crippen molar-refractivity contribution >= 4 is 15.5 Å². The zero-order valence-corrected chi connectivity index (χ0v) is 7.60. The van der Waals surface area contributed by atoms with Crippen LogP contribution < -0.4 is 4.52 Å². The molecule has 0 N–H and O–H groups in total. The molecule has 1 nitrogen and oxygen atoms in total. The summed E-state index contributed by atoms with van der Waals surface area (Å²) in [5.74, 6) is 0.864. The molecule has 1 atom stereocenters. The summed E-state index contributed by atoms with van der Waals surface area (Å²) in [5.41, 5.74) is 1.19. The highest BCUT2D eigenvalue weighted by atomic mass is 31.0. The van der Waals surface area contributed by atoms with Crippen LogP contribution >= 0.6 is 9.47 Å². The predicted octanol–water partition coefficient (Wildman–Crippen LogP) is 2.89. The van der Waals surface area contributed by atoms with Crippen LogP contribution in [0, 0.1) is 0 Å². The van der Waals surface area contributed by atoms with Crippen molar-refractivity contribution in [2.75, 3.05) is 0 Å². The van der Waals surface area contributed by atoms with Crippen LogP contribution in [0.5, 0.6) is 5.75 Å². The number of hydrogen-bond acceptors (Lipinski definition) is 1. The average molecular weight is 166 g/mol. The van der Waals surface area contributed by atoms with Gasteiger partial charge < -0.3 is 4.52 Å². The Labute approximate surface area is 69.4 Å². The van der Waals surface area contributed by atoms with Gasteiger partial charge in [0.05, 0.1) is 9.47 Å². The van der Waals surface area contributed by atoms with Crippen LogP contribution in [-0.4, -0.2) is 0 Å². The van der Waals surface area contributed by atoms with Crippen LogP contribution in [0.25, 0.3) is 6.08 Å². The van der Waals surface area contributed by atoms with Crippen molar-refractivity contribution in [3.05, 3.63) is 35.9 Å². The lowest BCUT2D eigenvalue weighted by atomic mass is 10.2. The molecular formula is C9H11OP. The second kappa shape index (κ2) is 4.15. The molecule has 0 fully saturated rings. The van der Waals surface area contributed by atoms with Crippen LogP contribution in [0.4, 0.5) is 0 Å². The molecule has 0 aliphatic heterocycles. The lowest BCUT2D eigenvalue weighted by Gasteiger charge is -1.97. The third kappa shape index (κ3) is 2.36. The summed E-state index contributed by atoms with van der Waals surface area (Å²) in [5, 5.41) is 0. The van der Waals surface area contributed by atoms with Gasteiger partial charge in [-0.3, -0.25) is 0 Å². The van der Waals surface area contributed by atoms with E-state index in [0.29, 0.717) is 0 Å². The van der Waals surface area contributed by atoms with E-state index in [1.54, 1.807) is 0 Å². The Morgan fingerprint density at radius 1 is 1.27 bits per heavy atom. The van der Waals surface area contributed by atoms with Crippen molar-refractivity contribution < 1.29 is 4.52 Å². The van der Waals surface area contributed by atoms with Crippen LogP contribution in [0.2, 0.25) is 0 Å². The molecule has 1 rings (SSSR count). The van der Waals surface area contributed by atoms with E-state index in [4.69, 9.17) is 4.52 Å².